The van der Waals surface area contributed by atoms with Crippen molar-refractivity contribution in [3.05, 3.63) is 0 Å². The van der Waals surface area contributed by atoms with Gasteiger partial charge in [-0.1, -0.05) is 41.5 Å². The molecule has 1 N–H and O–H groups in total. The zero-order valence-electron chi connectivity index (χ0n) is 9.41. The molecule has 0 spiro atoms. The van der Waals surface area contributed by atoms with Crippen LogP contribution in [0.3, 0.4) is 0 Å². The molecule has 0 rings (SSSR count). The minimum atomic E-state index is 0.0608. The van der Waals surface area contributed by atoms with E-state index in [9.17, 15) is 0 Å². The fourth-order valence-electron chi connectivity index (χ4n) is 0.875. The van der Waals surface area contributed by atoms with Crippen molar-refractivity contribution in [1.29, 1.82) is 5.41 Å². The lowest BCUT2D eigenvalue weighted by atomic mass is 9.82. The maximum Gasteiger partial charge on any atom is 0.0143 e. The van der Waals surface area contributed by atoms with Crippen LogP contribution in [0.4, 0.5) is 0 Å². The summed E-state index contributed by atoms with van der Waals surface area (Å²) in [6, 6.07) is 0. The van der Waals surface area contributed by atoms with Crippen LogP contribution in [0.1, 0.15) is 54.4 Å². The largest absolute Gasteiger partial charge is 0.309 e. The van der Waals surface area contributed by atoms with Crippen LogP contribution in [0.25, 0.3) is 0 Å². The standard InChI is InChI=1S/C11H23N/c1-10(2,3)8-7-9(12)11(4,5)6/h12H,7-8H2,1-6H3. The minimum Gasteiger partial charge on any atom is -0.309 e. The molecule has 0 aromatic rings. The van der Waals surface area contributed by atoms with Crippen LogP contribution in [-0.4, -0.2) is 5.71 Å². The first-order chi connectivity index (χ1) is 5.13. The Kier molecular flexibility index (Phi) is 3.49. The third kappa shape index (κ3) is 5.34. The van der Waals surface area contributed by atoms with Gasteiger partial charge in [-0.05, 0) is 23.7 Å². The predicted molar refractivity (Wildman–Crippen MR) is 55.9 cm³/mol. The molecule has 0 bridgehead atoms. The van der Waals surface area contributed by atoms with E-state index in [1.807, 2.05) is 0 Å². The summed E-state index contributed by atoms with van der Waals surface area (Å²) >= 11 is 0. The second-order valence-electron chi connectivity index (χ2n) is 5.79. The maximum absolute atomic E-state index is 7.82. The monoisotopic (exact) mass is 169 g/mol. The van der Waals surface area contributed by atoms with E-state index in [1.165, 1.54) is 0 Å². The van der Waals surface area contributed by atoms with E-state index in [1.54, 1.807) is 0 Å². The van der Waals surface area contributed by atoms with Gasteiger partial charge >= 0.3 is 0 Å². The summed E-state index contributed by atoms with van der Waals surface area (Å²) in [5.41, 5.74) is 1.29. The SMILES string of the molecule is CC(C)(C)CCC(=N)C(C)(C)C. The van der Waals surface area contributed by atoms with E-state index in [0.717, 1.165) is 18.6 Å². The Bertz CT molecular complexity index is 155. The molecule has 0 aliphatic carbocycles. The highest BCUT2D eigenvalue weighted by Crippen LogP contribution is 2.25. The lowest BCUT2D eigenvalue weighted by Gasteiger charge is -2.24. The summed E-state index contributed by atoms with van der Waals surface area (Å²) < 4.78 is 0. The van der Waals surface area contributed by atoms with Gasteiger partial charge in [-0.25, -0.2) is 0 Å². The molecular formula is C11H23N. The van der Waals surface area contributed by atoms with Crippen LogP contribution in [0.2, 0.25) is 0 Å². The maximum atomic E-state index is 7.82. The van der Waals surface area contributed by atoms with Gasteiger partial charge in [-0.15, -0.1) is 0 Å². The molecule has 1 heteroatoms. The summed E-state index contributed by atoms with van der Waals surface area (Å²) in [5.74, 6) is 0. The Balaban J connectivity index is 3.90. The highest BCUT2D eigenvalue weighted by Gasteiger charge is 2.19. The number of hydrogen-bond donors (Lipinski definition) is 1. The first-order valence-electron chi connectivity index (χ1n) is 4.71. The molecule has 0 aliphatic rings. The molecule has 0 heterocycles. The van der Waals surface area contributed by atoms with E-state index < -0.39 is 0 Å². The van der Waals surface area contributed by atoms with Gasteiger partial charge in [0.2, 0.25) is 0 Å². The number of nitrogens with one attached hydrogen (secondary N) is 1. The lowest BCUT2D eigenvalue weighted by Crippen LogP contribution is -2.21. The number of rotatable bonds is 2. The van der Waals surface area contributed by atoms with E-state index >= 15 is 0 Å². The average Bonchev–Trinajstić information content (AvgIpc) is 1.78. The second-order valence-corrected chi connectivity index (χ2v) is 5.79. The molecule has 72 valence electrons. The van der Waals surface area contributed by atoms with Crippen LogP contribution in [0.5, 0.6) is 0 Å². The van der Waals surface area contributed by atoms with Crippen molar-refractivity contribution < 1.29 is 0 Å². The molecule has 1 nitrogen and oxygen atoms in total. The first kappa shape index (κ1) is 11.7. The molecule has 0 aromatic heterocycles. The Morgan fingerprint density at radius 3 is 1.67 bits per heavy atom. The number of hydrogen-bond acceptors (Lipinski definition) is 1. The molecule has 0 saturated heterocycles. The normalized spacial score (nSPS) is 13.2. The van der Waals surface area contributed by atoms with E-state index in [2.05, 4.69) is 41.5 Å². The highest BCUT2D eigenvalue weighted by atomic mass is 14.5. The van der Waals surface area contributed by atoms with Crippen LogP contribution in [0.15, 0.2) is 0 Å². The lowest BCUT2D eigenvalue weighted by molar-refractivity contribution is 0.380. The van der Waals surface area contributed by atoms with Crippen molar-refractivity contribution in [1.82, 2.24) is 0 Å². The van der Waals surface area contributed by atoms with E-state index in [4.69, 9.17) is 5.41 Å². The van der Waals surface area contributed by atoms with Crippen molar-refractivity contribution in [2.75, 3.05) is 0 Å². The molecule has 0 amide bonds. The summed E-state index contributed by atoms with van der Waals surface area (Å²) in [4.78, 5) is 0. The van der Waals surface area contributed by atoms with Crippen molar-refractivity contribution in [3.63, 3.8) is 0 Å². The molecule has 0 fully saturated rings. The van der Waals surface area contributed by atoms with Crippen molar-refractivity contribution in [2.24, 2.45) is 10.8 Å². The zero-order chi connectivity index (χ0) is 9.99. The third-order valence-electron chi connectivity index (χ3n) is 2.03. The van der Waals surface area contributed by atoms with Gasteiger partial charge in [-0.2, -0.15) is 0 Å². The van der Waals surface area contributed by atoms with Gasteiger partial charge in [0.15, 0.2) is 0 Å². The topological polar surface area (TPSA) is 23.9 Å². The van der Waals surface area contributed by atoms with Crippen molar-refractivity contribution in [2.45, 2.75) is 54.4 Å². The smallest absolute Gasteiger partial charge is 0.0143 e. The van der Waals surface area contributed by atoms with Gasteiger partial charge in [0.05, 0.1) is 0 Å². The molecule has 0 radical (unpaired) electrons. The molecule has 0 atom stereocenters. The van der Waals surface area contributed by atoms with E-state index in [0.29, 0.717) is 5.41 Å². The fraction of sp³-hybridized carbons (Fsp3) is 0.909. The van der Waals surface area contributed by atoms with Crippen LogP contribution in [-0.2, 0) is 0 Å². The molecule has 0 unspecified atom stereocenters. The van der Waals surface area contributed by atoms with Gasteiger partial charge in [0, 0.05) is 5.71 Å². The second kappa shape index (κ2) is 3.59. The highest BCUT2D eigenvalue weighted by molar-refractivity contribution is 5.86. The van der Waals surface area contributed by atoms with Gasteiger partial charge in [-0.3, -0.25) is 0 Å². The van der Waals surface area contributed by atoms with Crippen LogP contribution >= 0.6 is 0 Å². The van der Waals surface area contributed by atoms with Crippen LogP contribution in [0, 0.1) is 16.2 Å². The molecule has 12 heavy (non-hydrogen) atoms. The van der Waals surface area contributed by atoms with Crippen molar-refractivity contribution >= 4 is 5.71 Å². The molecular weight excluding hydrogens is 146 g/mol. The average molecular weight is 169 g/mol. The van der Waals surface area contributed by atoms with Crippen molar-refractivity contribution in [3.8, 4) is 0 Å². The zero-order valence-corrected chi connectivity index (χ0v) is 9.41. The molecule has 0 aromatic carbocycles. The Labute approximate surface area is 77.1 Å². The Morgan fingerprint density at radius 1 is 1.00 bits per heavy atom. The third-order valence-corrected chi connectivity index (χ3v) is 2.03. The molecule has 0 aliphatic heterocycles. The van der Waals surface area contributed by atoms with Gasteiger partial charge < -0.3 is 5.41 Å². The predicted octanol–water partition coefficient (Wildman–Crippen LogP) is 3.88. The van der Waals surface area contributed by atoms with Gasteiger partial charge in [0.1, 0.15) is 0 Å². The molecule has 0 saturated carbocycles. The quantitative estimate of drug-likeness (QED) is 0.607. The summed E-state index contributed by atoms with van der Waals surface area (Å²) in [5, 5.41) is 7.82. The van der Waals surface area contributed by atoms with E-state index in [-0.39, 0.29) is 5.41 Å². The summed E-state index contributed by atoms with van der Waals surface area (Å²) in [6.07, 6.45) is 2.05. The summed E-state index contributed by atoms with van der Waals surface area (Å²) in [7, 11) is 0. The van der Waals surface area contributed by atoms with Gasteiger partial charge in [0.25, 0.3) is 0 Å². The fourth-order valence-corrected chi connectivity index (χ4v) is 0.875. The van der Waals surface area contributed by atoms with Crippen LogP contribution < -0.4 is 0 Å². The Morgan fingerprint density at radius 2 is 1.42 bits per heavy atom. The Hall–Kier alpha value is -0.330. The first-order valence-corrected chi connectivity index (χ1v) is 4.71. The summed E-state index contributed by atoms with van der Waals surface area (Å²) in [6.45, 7) is 13.0. The minimum absolute atomic E-state index is 0.0608.